The van der Waals surface area contributed by atoms with E-state index in [9.17, 15) is 9.59 Å². The quantitative estimate of drug-likeness (QED) is 0.852. The van der Waals surface area contributed by atoms with Crippen molar-refractivity contribution in [2.24, 2.45) is 0 Å². The van der Waals surface area contributed by atoms with Gasteiger partial charge in [-0.1, -0.05) is 48.5 Å². The van der Waals surface area contributed by atoms with Crippen molar-refractivity contribution < 1.29 is 14.7 Å². The van der Waals surface area contributed by atoms with Gasteiger partial charge in [-0.2, -0.15) is 0 Å². The van der Waals surface area contributed by atoms with Gasteiger partial charge in [-0.25, -0.2) is 0 Å². The molecule has 0 aliphatic rings. The predicted octanol–water partition coefficient (Wildman–Crippen LogP) is 2.94. The zero-order valence-corrected chi connectivity index (χ0v) is 13.0. The van der Waals surface area contributed by atoms with Gasteiger partial charge in [0.2, 0.25) is 0 Å². The van der Waals surface area contributed by atoms with E-state index in [1.807, 2.05) is 20.2 Å². The fourth-order valence-corrected chi connectivity index (χ4v) is 1.85. The van der Waals surface area contributed by atoms with Crippen molar-refractivity contribution in [1.29, 1.82) is 0 Å². The van der Waals surface area contributed by atoms with E-state index in [0.29, 0.717) is 16.7 Å². The minimum atomic E-state index is -0.899. The number of carboxylic acids is 1. The lowest BCUT2D eigenvalue weighted by molar-refractivity contribution is -0.138. The van der Waals surface area contributed by atoms with Gasteiger partial charge in [0.1, 0.15) is 0 Å². The molecule has 2 rings (SSSR count). The third-order valence-corrected chi connectivity index (χ3v) is 3.06. The molecule has 22 heavy (non-hydrogen) atoms. The molecule has 0 aliphatic heterocycles. The first-order valence-corrected chi connectivity index (χ1v) is 7.02. The highest BCUT2D eigenvalue weighted by atomic mass is 16.4. The van der Waals surface area contributed by atoms with Crippen molar-refractivity contribution in [1.82, 2.24) is 5.32 Å². The minimum absolute atomic E-state index is 0.0972. The Morgan fingerprint density at radius 3 is 2.05 bits per heavy atom. The van der Waals surface area contributed by atoms with Crippen LogP contribution in [0.1, 0.15) is 34.3 Å². The highest BCUT2D eigenvalue weighted by molar-refractivity contribution is 6.09. The van der Waals surface area contributed by atoms with E-state index in [1.165, 1.54) is 0 Å². The molecule has 0 amide bonds. The van der Waals surface area contributed by atoms with E-state index in [1.54, 1.807) is 55.5 Å². The van der Waals surface area contributed by atoms with Gasteiger partial charge in [-0.3, -0.25) is 9.59 Å². The maximum Gasteiger partial charge on any atom is 0.310 e. The Bertz CT molecular complexity index is 623. The SMILES string of the molecule is CNC.C[C@H](C(=O)O)c1cccc(C(=O)c2ccccc2)c1. The van der Waals surface area contributed by atoms with Crippen LogP contribution in [-0.4, -0.2) is 31.0 Å². The van der Waals surface area contributed by atoms with Gasteiger partial charge >= 0.3 is 5.97 Å². The number of aliphatic carboxylic acids is 1. The van der Waals surface area contributed by atoms with E-state index in [-0.39, 0.29) is 5.78 Å². The molecule has 0 unspecified atom stereocenters. The third kappa shape index (κ3) is 4.82. The predicted molar refractivity (Wildman–Crippen MR) is 87.4 cm³/mol. The van der Waals surface area contributed by atoms with Crippen LogP contribution in [0.25, 0.3) is 0 Å². The van der Waals surface area contributed by atoms with Crippen LogP contribution in [0.15, 0.2) is 54.6 Å². The summed E-state index contributed by atoms with van der Waals surface area (Å²) in [5, 5.41) is 11.7. The van der Waals surface area contributed by atoms with Gasteiger partial charge in [0, 0.05) is 11.1 Å². The molecule has 116 valence electrons. The van der Waals surface area contributed by atoms with E-state index >= 15 is 0 Å². The fourth-order valence-electron chi connectivity index (χ4n) is 1.85. The maximum absolute atomic E-state index is 12.2. The summed E-state index contributed by atoms with van der Waals surface area (Å²) in [4.78, 5) is 23.2. The molecule has 0 radical (unpaired) electrons. The second-order valence-electron chi connectivity index (χ2n) is 4.88. The smallest absolute Gasteiger partial charge is 0.310 e. The van der Waals surface area contributed by atoms with Crippen LogP contribution in [0.3, 0.4) is 0 Å². The molecular weight excluding hydrogens is 278 g/mol. The monoisotopic (exact) mass is 299 g/mol. The number of carbonyl (C=O) groups is 2. The molecule has 0 aromatic heterocycles. The molecule has 0 saturated heterocycles. The third-order valence-electron chi connectivity index (χ3n) is 3.06. The minimum Gasteiger partial charge on any atom is -0.481 e. The van der Waals surface area contributed by atoms with Crippen molar-refractivity contribution in [3.63, 3.8) is 0 Å². The number of hydrogen-bond donors (Lipinski definition) is 2. The van der Waals surface area contributed by atoms with E-state index < -0.39 is 11.9 Å². The zero-order valence-electron chi connectivity index (χ0n) is 13.0. The van der Waals surface area contributed by atoms with Crippen molar-refractivity contribution in [3.8, 4) is 0 Å². The normalized spacial score (nSPS) is 11.0. The molecule has 2 aromatic rings. The summed E-state index contributed by atoms with van der Waals surface area (Å²) in [6.07, 6.45) is 0. The van der Waals surface area contributed by atoms with Crippen molar-refractivity contribution in [2.45, 2.75) is 12.8 Å². The summed E-state index contributed by atoms with van der Waals surface area (Å²) < 4.78 is 0. The molecule has 0 saturated carbocycles. The Kier molecular flexibility index (Phi) is 6.99. The lowest BCUT2D eigenvalue weighted by Crippen LogP contribution is -2.09. The lowest BCUT2D eigenvalue weighted by Gasteiger charge is -2.08. The highest BCUT2D eigenvalue weighted by Gasteiger charge is 2.16. The molecule has 0 heterocycles. The summed E-state index contributed by atoms with van der Waals surface area (Å²) in [6.45, 7) is 1.61. The van der Waals surface area contributed by atoms with Gasteiger partial charge in [-0.15, -0.1) is 0 Å². The van der Waals surface area contributed by atoms with Crippen LogP contribution < -0.4 is 5.32 Å². The Hall–Kier alpha value is -2.46. The molecule has 0 spiro atoms. The first-order valence-electron chi connectivity index (χ1n) is 7.02. The van der Waals surface area contributed by atoms with Gasteiger partial charge in [0.25, 0.3) is 0 Å². The second-order valence-corrected chi connectivity index (χ2v) is 4.88. The molecule has 4 heteroatoms. The van der Waals surface area contributed by atoms with Crippen LogP contribution in [0.4, 0.5) is 0 Å². The lowest BCUT2D eigenvalue weighted by atomic mass is 9.96. The summed E-state index contributed by atoms with van der Waals surface area (Å²) >= 11 is 0. The number of carboxylic acid groups (broad SMARTS) is 1. The molecule has 2 N–H and O–H groups in total. The summed E-state index contributed by atoms with van der Waals surface area (Å²) in [5.41, 5.74) is 1.74. The molecule has 0 aliphatic carbocycles. The molecule has 1 atom stereocenters. The number of hydrogen-bond acceptors (Lipinski definition) is 3. The molecular formula is C18H21NO3. The van der Waals surface area contributed by atoms with Crippen molar-refractivity contribution >= 4 is 11.8 Å². The van der Waals surface area contributed by atoms with Gasteiger partial charge in [-0.05, 0) is 32.6 Å². The first-order chi connectivity index (χ1) is 10.5. The maximum atomic E-state index is 12.2. The van der Waals surface area contributed by atoms with E-state index in [4.69, 9.17) is 5.11 Å². The first kappa shape index (κ1) is 17.6. The zero-order chi connectivity index (χ0) is 16.5. The highest BCUT2D eigenvalue weighted by Crippen LogP contribution is 2.18. The largest absolute Gasteiger partial charge is 0.481 e. The van der Waals surface area contributed by atoms with Crippen LogP contribution in [0.2, 0.25) is 0 Å². The summed E-state index contributed by atoms with van der Waals surface area (Å²) in [5.74, 6) is -1.62. The van der Waals surface area contributed by atoms with Gasteiger partial charge in [0.15, 0.2) is 5.78 Å². The number of benzene rings is 2. The van der Waals surface area contributed by atoms with Crippen LogP contribution >= 0.6 is 0 Å². The van der Waals surface area contributed by atoms with Gasteiger partial charge in [0.05, 0.1) is 5.92 Å². The van der Waals surface area contributed by atoms with Crippen molar-refractivity contribution in [3.05, 3.63) is 71.3 Å². The summed E-state index contributed by atoms with van der Waals surface area (Å²) in [6, 6.07) is 15.7. The number of ketones is 1. The average Bonchev–Trinajstić information content (AvgIpc) is 2.55. The second kappa shape index (κ2) is 8.74. The molecule has 0 fully saturated rings. The van der Waals surface area contributed by atoms with Crippen LogP contribution in [-0.2, 0) is 4.79 Å². The van der Waals surface area contributed by atoms with E-state index in [2.05, 4.69) is 5.32 Å². The summed E-state index contributed by atoms with van der Waals surface area (Å²) in [7, 11) is 3.75. The number of nitrogens with one attached hydrogen (secondary N) is 1. The topological polar surface area (TPSA) is 66.4 Å². The molecule has 4 nitrogen and oxygen atoms in total. The Balaban J connectivity index is 0.000000745. The Morgan fingerprint density at radius 1 is 0.955 bits per heavy atom. The standard InChI is InChI=1S/C16H14O3.C2H7N/c1-11(16(18)19)13-8-5-9-14(10-13)15(17)12-6-3-2-4-7-12;1-3-2/h2-11H,1H3,(H,18,19);3H,1-2H3/t11-;/m0./s1. The number of carbonyl (C=O) groups excluding carboxylic acids is 1. The van der Waals surface area contributed by atoms with Crippen molar-refractivity contribution in [2.75, 3.05) is 14.1 Å². The fraction of sp³-hybridized carbons (Fsp3) is 0.222. The van der Waals surface area contributed by atoms with Crippen LogP contribution in [0, 0.1) is 0 Å². The Labute approximate surface area is 130 Å². The number of rotatable bonds is 4. The van der Waals surface area contributed by atoms with Crippen LogP contribution in [0.5, 0.6) is 0 Å². The molecule has 2 aromatic carbocycles. The van der Waals surface area contributed by atoms with Gasteiger partial charge < -0.3 is 10.4 Å². The van der Waals surface area contributed by atoms with E-state index in [0.717, 1.165) is 0 Å². The average molecular weight is 299 g/mol. The Morgan fingerprint density at radius 2 is 1.50 bits per heavy atom. The molecule has 0 bridgehead atoms.